The molecule has 6 heterocycles. The number of nitrogens with zero attached hydrogens (tertiary/aromatic N) is 4. The topological polar surface area (TPSA) is 43.1 Å². The largest absolute Gasteiger partial charge is 0.299 e. The summed E-state index contributed by atoms with van der Waals surface area (Å²) in [6, 6.07) is 60.5. The maximum Gasteiger partial charge on any atom is 0.109 e. The fourth-order valence-electron chi connectivity index (χ4n) is 8.06. The van der Waals surface area contributed by atoms with Crippen molar-refractivity contribution in [1.29, 1.82) is 0 Å². The average molecular weight is 707 g/mol. The van der Waals surface area contributed by atoms with Gasteiger partial charge >= 0.3 is 0 Å². The zero-order chi connectivity index (χ0) is 35.6. The van der Waals surface area contributed by atoms with E-state index in [1.165, 1.54) is 64.2 Å². The van der Waals surface area contributed by atoms with Gasteiger partial charge in [0.2, 0.25) is 0 Å². The molecule has 0 radical (unpaired) electrons. The quantitative estimate of drug-likeness (QED) is 0.179. The van der Waals surface area contributed by atoms with Crippen molar-refractivity contribution in [2.75, 3.05) is 0 Å². The average Bonchev–Trinajstić information content (AvgIpc) is 3.81. The van der Waals surface area contributed by atoms with Crippen molar-refractivity contribution >= 4 is 58.8 Å². The summed E-state index contributed by atoms with van der Waals surface area (Å²) in [5.74, 6) is 0. The first-order chi connectivity index (χ1) is 26.8. The van der Waals surface area contributed by atoms with Gasteiger partial charge in [-0.25, -0.2) is 4.98 Å². The van der Waals surface area contributed by atoms with Crippen LogP contribution in [0.4, 0.5) is 0 Å². The molecule has 0 fully saturated rings. The summed E-state index contributed by atoms with van der Waals surface area (Å²) >= 11 is 1.88. The van der Waals surface area contributed by atoms with Crippen LogP contribution in [0.1, 0.15) is 0 Å². The first-order valence-electron chi connectivity index (χ1n) is 18.1. The normalized spacial score (nSPS) is 11.7. The summed E-state index contributed by atoms with van der Waals surface area (Å²) in [6.45, 7) is 0. The Morgan fingerprint density at radius 2 is 1.04 bits per heavy atom. The summed E-state index contributed by atoms with van der Waals surface area (Å²) in [4.78, 5) is 15.5. The molecule has 11 rings (SSSR count). The molecule has 0 saturated heterocycles. The van der Waals surface area contributed by atoms with Crippen molar-refractivity contribution in [2.24, 2.45) is 0 Å². The minimum Gasteiger partial charge on any atom is -0.299 e. The molecule has 0 atom stereocenters. The second kappa shape index (κ2) is 12.3. The highest BCUT2D eigenvalue weighted by molar-refractivity contribution is 7.25. The lowest BCUT2D eigenvalue weighted by molar-refractivity contribution is 1.22. The van der Waals surface area contributed by atoms with E-state index in [0.717, 1.165) is 39.5 Å². The van der Waals surface area contributed by atoms with Crippen molar-refractivity contribution in [2.45, 2.75) is 0 Å². The van der Waals surface area contributed by atoms with E-state index in [2.05, 4.69) is 148 Å². The Labute approximate surface area is 315 Å². The fourth-order valence-corrected chi connectivity index (χ4v) is 9.29. The molecule has 6 aromatic heterocycles. The van der Waals surface area contributed by atoms with E-state index in [1.54, 1.807) is 0 Å². The van der Waals surface area contributed by atoms with Gasteiger partial charge in [0.25, 0.3) is 0 Å². The van der Waals surface area contributed by atoms with E-state index in [-0.39, 0.29) is 0 Å². The van der Waals surface area contributed by atoms with E-state index in [9.17, 15) is 0 Å². The molecule has 11 aromatic rings. The van der Waals surface area contributed by atoms with Crippen LogP contribution in [-0.2, 0) is 0 Å². The van der Waals surface area contributed by atoms with E-state index < -0.39 is 0 Å². The maximum absolute atomic E-state index is 5.01. The summed E-state index contributed by atoms with van der Waals surface area (Å²) in [5, 5.41) is 6.35. The molecule has 0 saturated carbocycles. The van der Waals surface area contributed by atoms with Gasteiger partial charge in [-0.15, -0.1) is 11.3 Å². The summed E-state index contributed by atoms with van der Waals surface area (Å²) in [6.07, 6.45) is 3.62. The van der Waals surface area contributed by atoms with E-state index >= 15 is 0 Å². The third-order valence-electron chi connectivity index (χ3n) is 10.5. The van der Waals surface area contributed by atoms with Crippen molar-refractivity contribution < 1.29 is 0 Å². The SMILES string of the molecule is c1ccc(-c2c3ccccc3n3c4sc5ccccc5c4c4cc(-c5cccc(-c6cc(-c7ccccn7)nc(-c7ccccn7)c6)c5)ccc4c23)cc1. The molecule has 0 aliphatic heterocycles. The standard InChI is InChI=1S/C49H30N4S/c1-2-13-31(14-3-1)46-37-17-4-6-21-44(37)53-48(46)36-24-23-34(28-39(36)47-38-18-5-7-22-45(38)54-49(47)53)32-15-12-16-33(27-32)35-29-42(40-19-8-10-25-50-40)52-43(30-35)41-20-9-11-26-51-41/h1-30H. The Morgan fingerprint density at radius 1 is 0.407 bits per heavy atom. The van der Waals surface area contributed by atoms with Crippen LogP contribution in [0.3, 0.4) is 0 Å². The van der Waals surface area contributed by atoms with Crippen LogP contribution in [0.2, 0.25) is 0 Å². The number of fused-ring (bicyclic) bond motifs is 10. The van der Waals surface area contributed by atoms with Gasteiger partial charge in [0.05, 0.1) is 33.8 Å². The van der Waals surface area contributed by atoms with Gasteiger partial charge in [0, 0.05) is 44.2 Å². The predicted octanol–water partition coefficient (Wildman–Crippen LogP) is 13.1. The number of hydrogen-bond donors (Lipinski definition) is 0. The number of benzene rings is 5. The van der Waals surface area contributed by atoms with Crippen molar-refractivity contribution in [3.8, 4) is 56.2 Å². The van der Waals surface area contributed by atoms with Gasteiger partial charge in [-0.3, -0.25) is 14.4 Å². The Balaban J connectivity index is 1.16. The zero-order valence-electron chi connectivity index (χ0n) is 29.0. The molecule has 5 aromatic carbocycles. The zero-order valence-corrected chi connectivity index (χ0v) is 29.8. The van der Waals surface area contributed by atoms with Crippen molar-refractivity contribution in [3.63, 3.8) is 0 Å². The van der Waals surface area contributed by atoms with Crippen LogP contribution < -0.4 is 0 Å². The van der Waals surface area contributed by atoms with Crippen LogP contribution in [0.25, 0.3) is 104 Å². The lowest BCUT2D eigenvalue weighted by Gasteiger charge is -2.13. The number of thiophene rings is 1. The highest BCUT2D eigenvalue weighted by Crippen LogP contribution is 2.47. The second-order valence-corrected chi connectivity index (χ2v) is 14.6. The minimum absolute atomic E-state index is 0.814. The van der Waals surface area contributed by atoms with Gasteiger partial charge in [0.1, 0.15) is 4.83 Å². The molecule has 0 spiro atoms. The molecule has 5 heteroatoms. The summed E-state index contributed by atoms with van der Waals surface area (Å²) < 4.78 is 3.81. The van der Waals surface area contributed by atoms with E-state index in [1.807, 2.05) is 60.1 Å². The predicted molar refractivity (Wildman–Crippen MR) is 226 cm³/mol. The van der Waals surface area contributed by atoms with Crippen molar-refractivity contribution in [3.05, 3.63) is 182 Å². The highest BCUT2D eigenvalue weighted by atomic mass is 32.1. The van der Waals surface area contributed by atoms with Gasteiger partial charge in [-0.1, -0.05) is 109 Å². The first-order valence-corrected chi connectivity index (χ1v) is 18.9. The third kappa shape index (κ3) is 4.86. The monoisotopic (exact) mass is 706 g/mol. The van der Waals surface area contributed by atoms with Crippen LogP contribution in [0.15, 0.2) is 182 Å². The van der Waals surface area contributed by atoms with Crippen molar-refractivity contribution in [1.82, 2.24) is 19.4 Å². The molecule has 0 aliphatic carbocycles. The summed E-state index contributed by atoms with van der Waals surface area (Å²) in [7, 11) is 0. The number of pyridine rings is 4. The van der Waals surface area contributed by atoms with Gasteiger partial charge in [0.15, 0.2) is 0 Å². The third-order valence-corrected chi connectivity index (χ3v) is 11.6. The van der Waals surface area contributed by atoms with Gasteiger partial charge in [-0.2, -0.15) is 0 Å². The second-order valence-electron chi connectivity index (χ2n) is 13.6. The lowest BCUT2D eigenvalue weighted by Crippen LogP contribution is -1.94. The fraction of sp³-hybridized carbons (Fsp3) is 0. The smallest absolute Gasteiger partial charge is 0.109 e. The maximum atomic E-state index is 5.01. The molecule has 0 bridgehead atoms. The number of para-hydroxylation sites is 1. The molecule has 0 amide bonds. The van der Waals surface area contributed by atoms with Crippen LogP contribution in [0.5, 0.6) is 0 Å². The molecular weight excluding hydrogens is 677 g/mol. The minimum atomic E-state index is 0.814. The number of rotatable bonds is 5. The first kappa shape index (κ1) is 30.7. The Kier molecular flexibility index (Phi) is 7.00. The molecule has 252 valence electrons. The van der Waals surface area contributed by atoms with Crippen LogP contribution >= 0.6 is 11.3 Å². The highest BCUT2D eigenvalue weighted by Gasteiger charge is 2.22. The number of aromatic nitrogens is 4. The molecule has 4 nitrogen and oxygen atoms in total. The van der Waals surface area contributed by atoms with Gasteiger partial charge in [-0.05, 0) is 93.9 Å². The summed E-state index contributed by atoms with van der Waals surface area (Å²) in [5.41, 5.74) is 12.8. The van der Waals surface area contributed by atoms with E-state index in [4.69, 9.17) is 4.98 Å². The number of hydrogen-bond acceptors (Lipinski definition) is 4. The Bertz CT molecular complexity index is 3140. The lowest BCUT2D eigenvalue weighted by atomic mass is 9.94. The molecule has 54 heavy (non-hydrogen) atoms. The van der Waals surface area contributed by atoms with E-state index in [0.29, 0.717) is 0 Å². The molecule has 0 aliphatic rings. The van der Waals surface area contributed by atoms with Crippen LogP contribution in [-0.4, -0.2) is 19.4 Å². The Hall–Kier alpha value is -6.95. The van der Waals surface area contributed by atoms with Crippen LogP contribution in [0, 0.1) is 0 Å². The molecular formula is C49H30N4S. The Morgan fingerprint density at radius 3 is 1.78 bits per heavy atom. The van der Waals surface area contributed by atoms with Gasteiger partial charge < -0.3 is 0 Å². The molecule has 0 N–H and O–H groups in total. The molecule has 0 unspecified atom stereocenters.